The van der Waals surface area contributed by atoms with E-state index < -0.39 is 0 Å². The summed E-state index contributed by atoms with van der Waals surface area (Å²) in [6, 6.07) is 26.1. The number of anilines is 1. The summed E-state index contributed by atoms with van der Waals surface area (Å²) in [5, 5.41) is 6.35. The lowest BCUT2D eigenvalue weighted by molar-refractivity contribution is -0.118. The van der Waals surface area contributed by atoms with Crippen LogP contribution in [0.25, 0.3) is 0 Å². The molecule has 0 aliphatic carbocycles. The third-order valence-corrected chi connectivity index (χ3v) is 4.52. The minimum absolute atomic E-state index is 0.0226. The summed E-state index contributed by atoms with van der Waals surface area (Å²) in [6.07, 6.45) is 0. The number of hydrogen-bond acceptors (Lipinski definition) is 3. The highest BCUT2D eigenvalue weighted by Crippen LogP contribution is 2.16. The van der Waals surface area contributed by atoms with E-state index >= 15 is 0 Å². The molecule has 3 aromatic carbocycles. The van der Waals surface area contributed by atoms with Crippen LogP contribution in [0.4, 0.5) is 5.69 Å². The number of carbonyl (C=O) groups excluding carboxylic acids is 1. The number of nitrogens with one attached hydrogen (secondary N) is 2. The van der Waals surface area contributed by atoms with Crippen molar-refractivity contribution in [2.45, 2.75) is 26.4 Å². The minimum Gasteiger partial charge on any atom is -0.484 e. The summed E-state index contributed by atoms with van der Waals surface area (Å²) in [4.78, 5) is 12.1. The van der Waals surface area contributed by atoms with Gasteiger partial charge in [-0.2, -0.15) is 0 Å². The van der Waals surface area contributed by atoms with Crippen molar-refractivity contribution in [1.29, 1.82) is 0 Å². The van der Waals surface area contributed by atoms with Crippen molar-refractivity contribution in [2.24, 2.45) is 0 Å². The van der Waals surface area contributed by atoms with Gasteiger partial charge in [0.05, 0.1) is 0 Å². The first-order valence-corrected chi connectivity index (χ1v) is 9.47. The second kappa shape index (κ2) is 9.72. The number of amides is 1. The molecular formula is C24H26N2O2. The standard InChI is InChI=1S/C24H26N2O2/c1-18-11-13-22(14-12-18)26-24(27)17-28-23-10-6-7-20(15-23)16-25-19(2)21-8-4-3-5-9-21/h3-15,19,25H,16-17H2,1-2H3,(H,26,27)/t19-/m0/s1. The Kier molecular flexibility index (Phi) is 6.82. The van der Waals surface area contributed by atoms with Gasteiger partial charge >= 0.3 is 0 Å². The summed E-state index contributed by atoms with van der Waals surface area (Å²) in [5.74, 6) is 0.510. The number of aryl methyl sites for hydroxylation is 1. The van der Waals surface area contributed by atoms with Crippen molar-refractivity contribution in [3.8, 4) is 5.75 Å². The zero-order valence-electron chi connectivity index (χ0n) is 16.3. The average Bonchev–Trinajstić information content (AvgIpc) is 2.73. The Morgan fingerprint density at radius 1 is 0.964 bits per heavy atom. The number of rotatable bonds is 8. The molecular weight excluding hydrogens is 348 g/mol. The molecule has 1 atom stereocenters. The molecule has 0 heterocycles. The molecule has 0 radical (unpaired) electrons. The summed E-state index contributed by atoms with van der Waals surface area (Å²) >= 11 is 0. The zero-order valence-corrected chi connectivity index (χ0v) is 16.3. The largest absolute Gasteiger partial charge is 0.484 e. The van der Waals surface area contributed by atoms with Crippen molar-refractivity contribution in [2.75, 3.05) is 11.9 Å². The van der Waals surface area contributed by atoms with Crippen molar-refractivity contribution >= 4 is 11.6 Å². The Bertz CT molecular complexity index is 892. The Hall–Kier alpha value is -3.11. The van der Waals surface area contributed by atoms with E-state index in [4.69, 9.17) is 4.74 Å². The predicted octanol–water partition coefficient (Wildman–Crippen LogP) is 4.86. The monoisotopic (exact) mass is 374 g/mol. The molecule has 28 heavy (non-hydrogen) atoms. The van der Waals surface area contributed by atoms with E-state index in [2.05, 4.69) is 29.7 Å². The average molecular weight is 374 g/mol. The maximum absolute atomic E-state index is 12.1. The van der Waals surface area contributed by atoms with E-state index in [-0.39, 0.29) is 18.6 Å². The molecule has 3 aromatic rings. The van der Waals surface area contributed by atoms with Crippen molar-refractivity contribution in [3.63, 3.8) is 0 Å². The Balaban J connectivity index is 1.49. The normalized spacial score (nSPS) is 11.6. The van der Waals surface area contributed by atoms with E-state index in [0.29, 0.717) is 5.75 Å². The van der Waals surface area contributed by atoms with Gasteiger partial charge in [0.1, 0.15) is 5.75 Å². The number of hydrogen-bond donors (Lipinski definition) is 2. The lowest BCUT2D eigenvalue weighted by atomic mass is 10.1. The SMILES string of the molecule is Cc1ccc(NC(=O)COc2cccc(CN[C@@H](C)c3ccccc3)c2)cc1. The van der Waals surface area contributed by atoms with Crippen molar-refractivity contribution in [3.05, 3.63) is 95.6 Å². The van der Waals surface area contributed by atoms with Crippen LogP contribution in [-0.2, 0) is 11.3 Å². The second-order valence-electron chi connectivity index (χ2n) is 6.86. The van der Waals surface area contributed by atoms with Gasteiger partial charge in [0.25, 0.3) is 5.91 Å². The van der Waals surface area contributed by atoms with Crippen molar-refractivity contribution < 1.29 is 9.53 Å². The molecule has 0 unspecified atom stereocenters. The van der Waals surface area contributed by atoms with Crippen LogP contribution in [0.15, 0.2) is 78.9 Å². The van der Waals surface area contributed by atoms with Gasteiger partial charge in [0, 0.05) is 18.3 Å². The molecule has 1 amide bonds. The van der Waals surface area contributed by atoms with E-state index in [9.17, 15) is 4.79 Å². The fourth-order valence-electron chi connectivity index (χ4n) is 2.86. The molecule has 2 N–H and O–H groups in total. The van der Waals surface area contributed by atoms with Crippen LogP contribution in [0.3, 0.4) is 0 Å². The van der Waals surface area contributed by atoms with Crippen molar-refractivity contribution in [1.82, 2.24) is 5.32 Å². The number of carbonyl (C=O) groups is 1. The van der Waals surface area contributed by atoms with E-state index in [1.807, 2.05) is 73.7 Å². The van der Waals surface area contributed by atoms with Crippen LogP contribution < -0.4 is 15.4 Å². The highest BCUT2D eigenvalue weighted by Gasteiger charge is 2.06. The highest BCUT2D eigenvalue weighted by atomic mass is 16.5. The topological polar surface area (TPSA) is 50.4 Å². The fourth-order valence-corrected chi connectivity index (χ4v) is 2.86. The smallest absolute Gasteiger partial charge is 0.262 e. The third-order valence-electron chi connectivity index (χ3n) is 4.52. The summed E-state index contributed by atoms with van der Waals surface area (Å²) < 4.78 is 5.66. The van der Waals surface area contributed by atoms with Crippen LogP contribution in [-0.4, -0.2) is 12.5 Å². The first kappa shape index (κ1) is 19.6. The highest BCUT2D eigenvalue weighted by molar-refractivity contribution is 5.91. The molecule has 0 saturated carbocycles. The quantitative estimate of drug-likeness (QED) is 0.592. The lowest BCUT2D eigenvalue weighted by Gasteiger charge is -2.15. The summed E-state index contributed by atoms with van der Waals surface area (Å²) in [5.41, 5.74) is 4.29. The minimum atomic E-state index is -0.176. The molecule has 0 aliphatic rings. The molecule has 0 aliphatic heterocycles. The molecule has 0 bridgehead atoms. The van der Waals surface area contributed by atoms with Crippen LogP contribution in [0.1, 0.15) is 29.7 Å². The van der Waals surface area contributed by atoms with Gasteiger partial charge in [-0.05, 0) is 49.2 Å². The van der Waals surface area contributed by atoms with Crippen LogP contribution >= 0.6 is 0 Å². The number of benzene rings is 3. The molecule has 4 nitrogen and oxygen atoms in total. The predicted molar refractivity (Wildman–Crippen MR) is 113 cm³/mol. The third kappa shape index (κ3) is 5.96. The first-order chi connectivity index (χ1) is 13.6. The van der Waals surface area contributed by atoms with E-state index in [1.54, 1.807) is 0 Å². The Labute approximate surface area is 166 Å². The van der Waals surface area contributed by atoms with E-state index in [0.717, 1.165) is 23.4 Å². The van der Waals surface area contributed by atoms with E-state index in [1.165, 1.54) is 5.56 Å². The van der Waals surface area contributed by atoms with Gasteiger partial charge in [-0.1, -0.05) is 60.2 Å². The molecule has 0 saturated heterocycles. The molecule has 3 rings (SSSR count). The molecule has 144 valence electrons. The van der Waals surface area contributed by atoms with Gasteiger partial charge in [-0.25, -0.2) is 0 Å². The Morgan fingerprint density at radius 3 is 2.46 bits per heavy atom. The molecule has 0 fully saturated rings. The van der Waals surface area contributed by atoms with Gasteiger partial charge in [-0.15, -0.1) is 0 Å². The summed E-state index contributed by atoms with van der Waals surface area (Å²) in [7, 11) is 0. The zero-order chi connectivity index (χ0) is 19.8. The second-order valence-corrected chi connectivity index (χ2v) is 6.86. The van der Waals surface area contributed by atoms with Gasteiger partial charge in [0.2, 0.25) is 0 Å². The molecule has 0 spiro atoms. The van der Waals surface area contributed by atoms with Crippen LogP contribution in [0.5, 0.6) is 5.75 Å². The number of ether oxygens (including phenoxy) is 1. The maximum atomic E-state index is 12.1. The molecule has 4 heteroatoms. The fraction of sp³-hybridized carbons (Fsp3) is 0.208. The lowest BCUT2D eigenvalue weighted by Crippen LogP contribution is -2.20. The van der Waals surface area contributed by atoms with Crippen LogP contribution in [0, 0.1) is 6.92 Å². The first-order valence-electron chi connectivity index (χ1n) is 9.47. The van der Waals surface area contributed by atoms with Gasteiger partial charge in [-0.3, -0.25) is 4.79 Å². The van der Waals surface area contributed by atoms with Crippen LogP contribution in [0.2, 0.25) is 0 Å². The van der Waals surface area contributed by atoms with Gasteiger partial charge < -0.3 is 15.4 Å². The van der Waals surface area contributed by atoms with Gasteiger partial charge in [0.15, 0.2) is 6.61 Å². The molecule has 0 aromatic heterocycles. The Morgan fingerprint density at radius 2 is 1.71 bits per heavy atom. The maximum Gasteiger partial charge on any atom is 0.262 e. The summed E-state index contributed by atoms with van der Waals surface area (Å²) in [6.45, 7) is 4.86.